The third-order valence-corrected chi connectivity index (χ3v) is 9.49. The molecule has 2 N–H and O–H groups in total. The van der Waals surface area contributed by atoms with Gasteiger partial charge in [0.05, 0.1) is 11.3 Å². The Hall–Kier alpha value is -2.64. The van der Waals surface area contributed by atoms with Crippen LogP contribution in [-0.4, -0.2) is 59.5 Å². The number of likely N-dealkylation sites (tertiary alicyclic amines) is 1. The van der Waals surface area contributed by atoms with Gasteiger partial charge in [-0.2, -0.15) is 13.2 Å². The molecule has 3 aliphatic rings. The zero-order valence-electron chi connectivity index (χ0n) is 20.0. The number of hydrogen-bond donors (Lipinski definition) is 2. The van der Waals surface area contributed by atoms with Gasteiger partial charge in [0.25, 0.3) is 5.91 Å². The van der Waals surface area contributed by atoms with Crippen LogP contribution in [0.1, 0.15) is 31.7 Å². The molecule has 2 saturated carbocycles. The van der Waals surface area contributed by atoms with E-state index in [0.717, 1.165) is 17.0 Å². The second kappa shape index (κ2) is 8.95. The van der Waals surface area contributed by atoms with E-state index in [4.69, 9.17) is 0 Å². The van der Waals surface area contributed by atoms with Crippen LogP contribution in [0.15, 0.2) is 36.4 Å². The standard InChI is InChI=1S/C25H24F6N2O4S/c1-24(35,25(29,30)31)23(34)33-19-11-18(19)22(32-38(36,37)16-5-6-16)20(33)9-12-3-2-4-17(21(12)28)13-7-14(26)10-15(27)8-13/h2-4,7-8,10,16,18-20,22,32,35H,5-6,9,11H2,1H3/t18?,19?,20?,22?,24-/m0/s1. The second-order valence-electron chi connectivity index (χ2n) is 10.3. The molecule has 0 aromatic heterocycles. The van der Waals surface area contributed by atoms with Gasteiger partial charge in [-0.3, -0.25) is 4.79 Å². The molecule has 38 heavy (non-hydrogen) atoms. The van der Waals surface area contributed by atoms with E-state index in [2.05, 4.69) is 4.72 Å². The average molecular weight is 563 g/mol. The zero-order valence-corrected chi connectivity index (χ0v) is 20.8. The minimum absolute atomic E-state index is 0.0986. The number of amides is 1. The van der Waals surface area contributed by atoms with E-state index in [1.165, 1.54) is 18.2 Å². The number of piperidine rings is 1. The quantitative estimate of drug-likeness (QED) is 0.505. The summed E-state index contributed by atoms with van der Waals surface area (Å²) in [5.41, 5.74) is -4.14. The second-order valence-corrected chi connectivity index (χ2v) is 12.3. The van der Waals surface area contributed by atoms with Crippen LogP contribution in [0, 0.1) is 23.4 Å². The van der Waals surface area contributed by atoms with Crippen molar-refractivity contribution < 1.29 is 44.7 Å². The number of carbonyl (C=O) groups excluding carboxylic acids is 1. The average Bonchev–Trinajstić information content (AvgIpc) is 3.71. The molecule has 1 saturated heterocycles. The minimum atomic E-state index is -5.31. The first-order valence-corrected chi connectivity index (χ1v) is 13.5. The molecule has 5 rings (SSSR count). The Labute approximate surface area is 214 Å². The van der Waals surface area contributed by atoms with E-state index in [1.807, 2.05) is 0 Å². The smallest absolute Gasteiger partial charge is 0.373 e. The van der Waals surface area contributed by atoms with E-state index in [1.54, 1.807) is 0 Å². The summed E-state index contributed by atoms with van der Waals surface area (Å²) >= 11 is 0. The first-order chi connectivity index (χ1) is 17.6. The van der Waals surface area contributed by atoms with Crippen LogP contribution in [0.5, 0.6) is 0 Å². The molecule has 1 heterocycles. The Morgan fingerprint density at radius 2 is 1.74 bits per heavy atom. The fourth-order valence-corrected chi connectivity index (χ4v) is 6.90. The van der Waals surface area contributed by atoms with Gasteiger partial charge >= 0.3 is 6.18 Å². The van der Waals surface area contributed by atoms with Gasteiger partial charge in [-0.1, -0.05) is 18.2 Å². The summed E-state index contributed by atoms with van der Waals surface area (Å²) < 4.78 is 112. The molecule has 2 aliphatic carbocycles. The lowest BCUT2D eigenvalue weighted by molar-refractivity contribution is -0.251. The SMILES string of the molecule is C[C@](O)(C(=O)N1C2CC2C(NS(=O)(=O)C2CC2)C1Cc1cccc(-c2cc(F)cc(F)c2)c1F)C(F)(F)F. The predicted octanol–water partition coefficient (Wildman–Crippen LogP) is 3.68. The molecule has 2 aromatic rings. The van der Waals surface area contributed by atoms with E-state index in [-0.39, 0.29) is 23.1 Å². The highest BCUT2D eigenvalue weighted by molar-refractivity contribution is 7.90. The van der Waals surface area contributed by atoms with Crippen molar-refractivity contribution in [3.05, 3.63) is 59.4 Å². The molecular weight excluding hydrogens is 538 g/mol. The number of hydrogen-bond acceptors (Lipinski definition) is 4. The van der Waals surface area contributed by atoms with Gasteiger partial charge in [-0.25, -0.2) is 26.3 Å². The van der Waals surface area contributed by atoms with Crippen LogP contribution in [0.4, 0.5) is 26.3 Å². The largest absolute Gasteiger partial charge is 0.426 e. The number of aliphatic hydroxyl groups is 1. The lowest BCUT2D eigenvalue weighted by Gasteiger charge is -2.37. The number of fused-ring (bicyclic) bond motifs is 1. The third-order valence-electron chi connectivity index (χ3n) is 7.54. The van der Waals surface area contributed by atoms with Crippen LogP contribution in [-0.2, 0) is 21.2 Å². The summed E-state index contributed by atoms with van der Waals surface area (Å²) in [6.45, 7) is 0.325. The van der Waals surface area contributed by atoms with Crippen LogP contribution in [0.25, 0.3) is 11.1 Å². The summed E-state index contributed by atoms with van der Waals surface area (Å²) in [5, 5.41) is 9.47. The maximum absolute atomic E-state index is 15.6. The molecule has 1 amide bonds. The number of rotatable bonds is 7. The molecule has 6 nitrogen and oxygen atoms in total. The fraction of sp³-hybridized carbons (Fsp3) is 0.480. The van der Waals surface area contributed by atoms with Crippen molar-refractivity contribution in [3.8, 4) is 11.1 Å². The topological polar surface area (TPSA) is 86.7 Å². The Morgan fingerprint density at radius 3 is 2.32 bits per heavy atom. The molecule has 13 heteroatoms. The monoisotopic (exact) mass is 562 g/mol. The Kier molecular flexibility index (Phi) is 6.35. The van der Waals surface area contributed by atoms with Gasteiger partial charge in [0.15, 0.2) is 0 Å². The van der Waals surface area contributed by atoms with Crippen molar-refractivity contribution >= 4 is 15.9 Å². The van der Waals surface area contributed by atoms with Crippen molar-refractivity contribution in [3.63, 3.8) is 0 Å². The van der Waals surface area contributed by atoms with Gasteiger partial charge in [0.2, 0.25) is 15.6 Å². The Bertz CT molecular complexity index is 1370. The Balaban J connectivity index is 1.53. The summed E-state index contributed by atoms with van der Waals surface area (Å²) in [5.74, 6) is -4.97. The number of nitrogens with zero attached hydrogens (tertiary/aromatic N) is 1. The normalized spacial score (nSPS) is 26.7. The summed E-state index contributed by atoms with van der Waals surface area (Å²) in [4.78, 5) is 13.9. The van der Waals surface area contributed by atoms with Crippen molar-refractivity contribution in [1.82, 2.24) is 9.62 Å². The van der Waals surface area contributed by atoms with E-state index in [9.17, 15) is 40.3 Å². The van der Waals surface area contributed by atoms with Crippen molar-refractivity contribution in [2.45, 2.75) is 67.8 Å². The molecule has 3 fully saturated rings. The number of sulfonamides is 1. The van der Waals surface area contributed by atoms with Gasteiger partial charge in [-0.15, -0.1) is 0 Å². The van der Waals surface area contributed by atoms with Crippen molar-refractivity contribution in [2.24, 2.45) is 5.92 Å². The highest BCUT2D eigenvalue weighted by Gasteiger charge is 2.66. The highest BCUT2D eigenvalue weighted by atomic mass is 32.2. The summed E-state index contributed by atoms with van der Waals surface area (Å²) in [6.07, 6.45) is -4.64. The minimum Gasteiger partial charge on any atom is -0.373 e. The van der Waals surface area contributed by atoms with Crippen LogP contribution < -0.4 is 4.72 Å². The molecule has 4 unspecified atom stereocenters. The number of nitrogens with one attached hydrogen (secondary N) is 1. The number of benzene rings is 2. The van der Waals surface area contributed by atoms with E-state index in [0.29, 0.717) is 25.8 Å². The molecule has 1 aliphatic heterocycles. The molecular formula is C25H24F6N2O4S. The first-order valence-electron chi connectivity index (χ1n) is 12.0. The predicted molar refractivity (Wildman–Crippen MR) is 124 cm³/mol. The Morgan fingerprint density at radius 1 is 1.11 bits per heavy atom. The molecule has 0 bridgehead atoms. The fourth-order valence-electron chi connectivity index (χ4n) is 5.23. The molecule has 0 radical (unpaired) electrons. The van der Waals surface area contributed by atoms with Gasteiger partial charge in [-0.05, 0) is 61.8 Å². The van der Waals surface area contributed by atoms with Gasteiger partial charge in [0, 0.05) is 23.7 Å². The zero-order chi connectivity index (χ0) is 27.8. The molecule has 206 valence electrons. The van der Waals surface area contributed by atoms with Crippen LogP contribution >= 0.6 is 0 Å². The maximum Gasteiger partial charge on any atom is 0.426 e. The van der Waals surface area contributed by atoms with Crippen molar-refractivity contribution in [1.29, 1.82) is 0 Å². The molecule has 5 atom stereocenters. The van der Waals surface area contributed by atoms with Crippen molar-refractivity contribution in [2.75, 3.05) is 0 Å². The number of alkyl halides is 3. The van der Waals surface area contributed by atoms with E-state index < -0.39 is 80.9 Å². The summed E-state index contributed by atoms with van der Waals surface area (Å²) in [6, 6.07) is 3.38. The number of carbonyl (C=O) groups is 1. The van der Waals surface area contributed by atoms with Gasteiger partial charge < -0.3 is 10.0 Å². The first kappa shape index (κ1) is 26.9. The lowest BCUT2D eigenvalue weighted by atomic mass is 9.93. The highest BCUT2D eigenvalue weighted by Crippen LogP contribution is 2.51. The van der Waals surface area contributed by atoms with Crippen LogP contribution in [0.2, 0.25) is 0 Å². The number of halogens is 6. The molecule has 2 aromatic carbocycles. The van der Waals surface area contributed by atoms with Crippen LogP contribution in [0.3, 0.4) is 0 Å². The lowest BCUT2D eigenvalue weighted by Crippen LogP contribution is -2.60. The van der Waals surface area contributed by atoms with E-state index >= 15 is 4.39 Å². The summed E-state index contributed by atoms with van der Waals surface area (Å²) in [7, 11) is -3.84. The maximum atomic E-state index is 15.6. The third kappa shape index (κ3) is 4.68. The molecule has 0 spiro atoms. The van der Waals surface area contributed by atoms with Gasteiger partial charge in [0.1, 0.15) is 17.5 Å².